The van der Waals surface area contributed by atoms with Gasteiger partial charge in [0, 0.05) is 23.7 Å². The fourth-order valence-corrected chi connectivity index (χ4v) is 4.48. The van der Waals surface area contributed by atoms with Crippen molar-refractivity contribution < 1.29 is 32.9 Å². The average Bonchev–Trinajstić information content (AvgIpc) is 3.15. The Bertz CT molecular complexity index is 1170. The van der Waals surface area contributed by atoms with Crippen LogP contribution in [0.1, 0.15) is 40.7 Å². The summed E-state index contributed by atoms with van der Waals surface area (Å²) in [4.78, 5) is 12.2. The van der Waals surface area contributed by atoms with E-state index >= 15 is 0 Å². The number of nitrogens with one attached hydrogen (secondary N) is 1. The van der Waals surface area contributed by atoms with Gasteiger partial charge in [-0.25, -0.2) is 4.79 Å². The minimum absolute atomic E-state index is 0.0977. The van der Waals surface area contributed by atoms with Crippen molar-refractivity contribution in [3.63, 3.8) is 0 Å². The molecule has 35 heavy (non-hydrogen) atoms. The zero-order chi connectivity index (χ0) is 25.2. The predicted molar refractivity (Wildman–Crippen MR) is 125 cm³/mol. The Kier molecular flexibility index (Phi) is 7.00. The van der Waals surface area contributed by atoms with E-state index in [0.29, 0.717) is 0 Å². The van der Waals surface area contributed by atoms with Gasteiger partial charge in [0.2, 0.25) is 0 Å². The zero-order valence-corrected chi connectivity index (χ0v) is 18.6. The SMILES string of the molecule is Nc1cccc(C(F)(F)F)c1C(O)C(O)CCNC(=O)OCC1c2ccccc2-c2ccccc21. The molecular formula is C26H25F3N2O4. The lowest BCUT2D eigenvalue weighted by atomic mass is 9.95. The molecule has 4 rings (SSSR count). The molecule has 1 amide bonds. The van der Waals surface area contributed by atoms with Crippen molar-refractivity contribution in [2.75, 3.05) is 18.9 Å². The number of aliphatic hydroxyl groups excluding tert-OH is 2. The number of carbonyl (C=O) groups excluding carboxylic acids is 1. The van der Waals surface area contributed by atoms with E-state index in [1.54, 1.807) is 0 Å². The van der Waals surface area contributed by atoms with E-state index in [4.69, 9.17) is 10.5 Å². The smallest absolute Gasteiger partial charge is 0.416 e. The largest absolute Gasteiger partial charge is 0.449 e. The number of fused-ring (bicyclic) bond motifs is 3. The average molecular weight is 486 g/mol. The van der Waals surface area contributed by atoms with E-state index in [2.05, 4.69) is 5.32 Å². The topological polar surface area (TPSA) is 105 Å². The van der Waals surface area contributed by atoms with Gasteiger partial charge >= 0.3 is 12.3 Å². The molecule has 5 N–H and O–H groups in total. The first-order chi connectivity index (χ1) is 16.7. The molecule has 0 radical (unpaired) electrons. The molecule has 0 aliphatic heterocycles. The Hall–Kier alpha value is -3.56. The summed E-state index contributed by atoms with van der Waals surface area (Å²) in [5, 5.41) is 23.1. The number of benzene rings is 3. The molecule has 184 valence electrons. The lowest BCUT2D eigenvalue weighted by Gasteiger charge is -2.23. The Labute approximate surface area is 200 Å². The number of anilines is 1. The summed E-state index contributed by atoms with van der Waals surface area (Å²) < 4.78 is 45.2. The third-order valence-corrected chi connectivity index (χ3v) is 6.16. The van der Waals surface area contributed by atoms with Gasteiger partial charge in [-0.2, -0.15) is 13.2 Å². The normalized spacial score (nSPS) is 14.7. The predicted octanol–water partition coefficient (Wildman–Crippen LogP) is 4.61. The second-order valence-corrected chi connectivity index (χ2v) is 8.36. The lowest BCUT2D eigenvalue weighted by Crippen LogP contribution is -2.31. The molecule has 2 unspecified atom stereocenters. The van der Waals surface area contributed by atoms with Crippen LogP contribution in [-0.4, -0.2) is 35.6 Å². The van der Waals surface area contributed by atoms with E-state index in [1.807, 2.05) is 48.5 Å². The summed E-state index contributed by atoms with van der Waals surface area (Å²) in [5.41, 5.74) is 7.95. The van der Waals surface area contributed by atoms with Crippen LogP contribution < -0.4 is 11.1 Å². The fraction of sp³-hybridized carbons (Fsp3) is 0.269. The molecule has 1 aliphatic carbocycles. The van der Waals surface area contributed by atoms with E-state index in [-0.39, 0.29) is 31.2 Å². The number of alkyl halides is 3. The van der Waals surface area contributed by atoms with Crippen molar-refractivity contribution in [3.8, 4) is 11.1 Å². The highest BCUT2D eigenvalue weighted by atomic mass is 19.4. The number of nitrogen functional groups attached to an aromatic ring is 1. The minimum Gasteiger partial charge on any atom is -0.449 e. The highest BCUT2D eigenvalue weighted by molar-refractivity contribution is 5.79. The molecule has 2 atom stereocenters. The third-order valence-electron chi connectivity index (χ3n) is 6.16. The maximum atomic E-state index is 13.3. The van der Waals surface area contributed by atoms with Gasteiger partial charge in [-0.05, 0) is 40.8 Å². The molecule has 0 bridgehead atoms. The van der Waals surface area contributed by atoms with Crippen molar-refractivity contribution >= 4 is 11.8 Å². The van der Waals surface area contributed by atoms with Gasteiger partial charge in [0.1, 0.15) is 12.7 Å². The molecule has 0 aromatic heterocycles. The standard InChI is InChI=1S/C26H25F3N2O4/c27-26(28,29)20-10-5-11-21(30)23(20)24(33)22(32)12-13-31-25(34)35-14-19-17-8-3-1-6-15(17)16-7-2-4-9-18(16)19/h1-11,19,22,24,32-33H,12-14,30H2,(H,31,34). The number of aliphatic hydroxyl groups is 2. The Morgan fingerprint density at radius 1 is 0.971 bits per heavy atom. The van der Waals surface area contributed by atoms with Crippen LogP contribution in [0.15, 0.2) is 66.7 Å². The second-order valence-electron chi connectivity index (χ2n) is 8.36. The third kappa shape index (κ3) is 5.11. The number of carbonyl (C=O) groups is 1. The van der Waals surface area contributed by atoms with Gasteiger partial charge in [0.15, 0.2) is 0 Å². The molecule has 9 heteroatoms. The van der Waals surface area contributed by atoms with Crippen LogP contribution in [0, 0.1) is 0 Å². The van der Waals surface area contributed by atoms with Gasteiger partial charge in [0.25, 0.3) is 0 Å². The van der Waals surface area contributed by atoms with E-state index in [1.165, 1.54) is 6.07 Å². The summed E-state index contributed by atoms with van der Waals surface area (Å²) in [6.07, 6.45) is -9.15. The molecule has 0 heterocycles. The minimum atomic E-state index is -4.75. The van der Waals surface area contributed by atoms with E-state index in [0.717, 1.165) is 34.4 Å². The van der Waals surface area contributed by atoms with Gasteiger partial charge in [-0.1, -0.05) is 54.6 Å². The summed E-state index contributed by atoms with van der Waals surface area (Å²) in [6.45, 7) is -0.0243. The van der Waals surface area contributed by atoms with Gasteiger partial charge in [-0.15, -0.1) is 0 Å². The first-order valence-corrected chi connectivity index (χ1v) is 11.1. The van der Waals surface area contributed by atoms with Gasteiger partial charge < -0.3 is 26.0 Å². The summed E-state index contributed by atoms with van der Waals surface area (Å²) >= 11 is 0. The van der Waals surface area contributed by atoms with Crippen molar-refractivity contribution in [1.82, 2.24) is 5.32 Å². The molecule has 0 saturated carbocycles. The number of amides is 1. The van der Waals surface area contributed by atoms with Crippen LogP contribution in [0.3, 0.4) is 0 Å². The highest BCUT2D eigenvalue weighted by Crippen LogP contribution is 2.44. The summed E-state index contributed by atoms with van der Waals surface area (Å²) in [6, 6.07) is 18.9. The molecule has 6 nitrogen and oxygen atoms in total. The highest BCUT2D eigenvalue weighted by Gasteiger charge is 2.37. The van der Waals surface area contributed by atoms with Crippen molar-refractivity contribution in [1.29, 1.82) is 0 Å². The van der Waals surface area contributed by atoms with Crippen LogP contribution in [0.2, 0.25) is 0 Å². The maximum absolute atomic E-state index is 13.3. The molecule has 3 aromatic carbocycles. The van der Waals surface area contributed by atoms with Crippen LogP contribution >= 0.6 is 0 Å². The molecule has 3 aromatic rings. The number of halogens is 3. The number of hydrogen-bond donors (Lipinski definition) is 4. The van der Waals surface area contributed by atoms with Crippen molar-refractivity contribution in [2.24, 2.45) is 0 Å². The fourth-order valence-electron chi connectivity index (χ4n) is 4.48. The van der Waals surface area contributed by atoms with Gasteiger partial charge in [0.05, 0.1) is 11.7 Å². The first kappa shape index (κ1) is 24.6. The maximum Gasteiger partial charge on any atom is 0.416 e. The molecule has 0 fully saturated rings. The Morgan fingerprint density at radius 2 is 1.57 bits per heavy atom. The van der Waals surface area contributed by atoms with Gasteiger partial charge in [-0.3, -0.25) is 0 Å². The second kappa shape index (κ2) is 9.97. The van der Waals surface area contributed by atoms with Crippen LogP contribution in [0.5, 0.6) is 0 Å². The number of ether oxygens (including phenoxy) is 1. The molecule has 0 spiro atoms. The monoisotopic (exact) mass is 486 g/mol. The Balaban J connectivity index is 1.32. The van der Waals surface area contributed by atoms with E-state index < -0.39 is 35.6 Å². The number of alkyl carbamates (subject to hydrolysis) is 1. The van der Waals surface area contributed by atoms with Crippen LogP contribution in [0.25, 0.3) is 11.1 Å². The quantitative estimate of drug-likeness (QED) is 0.365. The van der Waals surface area contributed by atoms with Crippen LogP contribution in [0.4, 0.5) is 23.7 Å². The number of nitrogens with two attached hydrogens (primary N) is 1. The molecule has 1 aliphatic rings. The Morgan fingerprint density at radius 3 is 2.17 bits per heavy atom. The number of hydrogen-bond acceptors (Lipinski definition) is 5. The van der Waals surface area contributed by atoms with E-state index in [9.17, 15) is 28.2 Å². The van der Waals surface area contributed by atoms with Crippen LogP contribution in [-0.2, 0) is 10.9 Å². The van der Waals surface area contributed by atoms with Crippen molar-refractivity contribution in [2.45, 2.75) is 30.7 Å². The lowest BCUT2D eigenvalue weighted by molar-refractivity contribution is -0.139. The summed E-state index contributed by atoms with van der Waals surface area (Å²) in [7, 11) is 0. The summed E-state index contributed by atoms with van der Waals surface area (Å²) in [5.74, 6) is -0.123. The van der Waals surface area contributed by atoms with Crippen molar-refractivity contribution in [3.05, 3.63) is 89.0 Å². The first-order valence-electron chi connectivity index (χ1n) is 11.1. The zero-order valence-electron chi connectivity index (χ0n) is 18.6. The molecular weight excluding hydrogens is 461 g/mol. The number of rotatable bonds is 7. The molecule has 0 saturated heterocycles.